The molecule has 8 nitrogen and oxygen atoms in total. The molecule has 32 heavy (non-hydrogen) atoms. The molecule has 1 amide bonds. The van der Waals surface area contributed by atoms with Gasteiger partial charge in [0.15, 0.2) is 11.5 Å². The van der Waals surface area contributed by atoms with Crippen molar-refractivity contribution >= 4 is 26.8 Å². The Morgan fingerprint density at radius 1 is 1.06 bits per heavy atom. The number of ether oxygens (including phenoxy) is 2. The average molecular weight is 456 g/mol. The number of rotatable bonds is 5. The molecule has 3 heterocycles. The molecule has 2 aliphatic rings. The van der Waals surface area contributed by atoms with Crippen LogP contribution < -0.4 is 14.8 Å². The van der Waals surface area contributed by atoms with Crippen LogP contribution in [-0.4, -0.2) is 43.1 Å². The molecule has 0 aliphatic carbocycles. The van der Waals surface area contributed by atoms with Crippen LogP contribution in [0, 0.1) is 5.92 Å². The lowest BCUT2D eigenvalue weighted by Crippen LogP contribution is -2.42. The van der Waals surface area contributed by atoms with Gasteiger partial charge < -0.3 is 19.4 Å². The zero-order chi connectivity index (χ0) is 22.3. The third-order valence-corrected chi connectivity index (χ3v) is 8.12. The lowest BCUT2D eigenvalue weighted by molar-refractivity contribution is -0.126. The topological polar surface area (TPSA) is 89.9 Å². The summed E-state index contributed by atoms with van der Waals surface area (Å²) in [6.45, 7) is 1.27. The largest absolute Gasteiger partial charge is 0.454 e. The highest BCUT2D eigenvalue weighted by Gasteiger charge is 2.32. The number of carbonyl (C=O) groups is 1. The molecule has 0 bridgehead atoms. The maximum Gasteiger partial charge on any atom is 0.243 e. The molecule has 3 aromatic rings. The molecule has 0 saturated carbocycles. The summed E-state index contributed by atoms with van der Waals surface area (Å²) in [7, 11) is -1.66. The number of hydrogen-bond acceptors (Lipinski definition) is 5. The highest BCUT2D eigenvalue weighted by molar-refractivity contribution is 7.89. The van der Waals surface area contributed by atoms with Crippen LogP contribution in [0.4, 0.5) is 0 Å². The van der Waals surface area contributed by atoms with Crippen molar-refractivity contribution in [2.45, 2.75) is 24.3 Å². The molecule has 1 fully saturated rings. The first-order valence-electron chi connectivity index (χ1n) is 10.6. The van der Waals surface area contributed by atoms with E-state index in [1.807, 2.05) is 48.1 Å². The molecule has 1 N–H and O–H groups in total. The molecule has 2 aromatic carbocycles. The van der Waals surface area contributed by atoms with Crippen molar-refractivity contribution in [3.05, 3.63) is 54.2 Å². The Hall–Kier alpha value is -3.04. The second kappa shape index (κ2) is 8.14. The summed E-state index contributed by atoms with van der Waals surface area (Å²) < 4.78 is 40.3. The summed E-state index contributed by atoms with van der Waals surface area (Å²) in [5, 5.41) is 3.86. The maximum absolute atomic E-state index is 13.1. The SMILES string of the molecule is Cn1ccc2cc(S(=O)(=O)N3CCC(C(=O)NCc4ccc5c(c4)OCO5)CC3)ccc21. The average Bonchev–Trinajstić information content (AvgIpc) is 3.43. The van der Waals surface area contributed by atoms with Gasteiger partial charge >= 0.3 is 0 Å². The van der Waals surface area contributed by atoms with E-state index in [4.69, 9.17) is 9.47 Å². The van der Waals surface area contributed by atoms with Gasteiger partial charge in [0.2, 0.25) is 22.7 Å². The van der Waals surface area contributed by atoms with E-state index in [-0.39, 0.29) is 18.6 Å². The first kappa shape index (κ1) is 20.8. The van der Waals surface area contributed by atoms with Gasteiger partial charge in [-0.2, -0.15) is 4.31 Å². The number of benzene rings is 2. The van der Waals surface area contributed by atoms with E-state index in [9.17, 15) is 13.2 Å². The number of fused-ring (bicyclic) bond motifs is 2. The van der Waals surface area contributed by atoms with Gasteiger partial charge in [0.25, 0.3) is 0 Å². The van der Waals surface area contributed by atoms with E-state index in [1.54, 1.807) is 12.1 Å². The molecule has 1 aromatic heterocycles. The predicted octanol–water partition coefficient (Wildman–Crippen LogP) is 2.62. The summed E-state index contributed by atoms with van der Waals surface area (Å²) in [6, 6.07) is 12.7. The van der Waals surface area contributed by atoms with E-state index in [2.05, 4.69) is 5.32 Å². The fourth-order valence-corrected chi connectivity index (χ4v) is 5.82. The van der Waals surface area contributed by atoms with E-state index in [0.717, 1.165) is 16.5 Å². The highest BCUT2D eigenvalue weighted by atomic mass is 32.2. The Bertz CT molecular complexity index is 1280. The van der Waals surface area contributed by atoms with Crippen LogP contribution in [0.3, 0.4) is 0 Å². The summed E-state index contributed by atoms with van der Waals surface area (Å²) >= 11 is 0. The third-order valence-electron chi connectivity index (χ3n) is 6.22. The lowest BCUT2D eigenvalue weighted by atomic mass is 9.97. The first-order valence-corrected chi connectivity index (χ1v) is 12.1. The van der Waals surface area contributed by atoms with Gasteiger partial charge in [0, 0.05) is 49.7 Å². The summed E-state index contributed by atoms with van der Waals surface area (Å²) in [4.78, 5) is 12.9. The number of hydrogen-bond donors (Lipinski definition) is 1. The number of carbonyl (C=O) groups excluding carboxylic acids is 1. The number of sulfonamides is 1. The van der Waals surface area contributed by atoms with E-state index in [0.29, 0.717) is 48.9 Å². The monoisotopic (exact) mass is 455 g/mol. The number of amides is 1. The minimum Gasteiger partial charge on any atom is -0.454 e. The van der Waals surface area contributed by atoms with Crippen LogP contribution in [0.15, 0.2) is 53.6 Å². The van der Waals surface area contributed by atoms with Crippen molar-refractivity contribution in [3.63, 3.8) is 0 Å². The number of aromatic nitrogens is 1. The molecule has 0 atom stereocenters. The van der Waals surface area contributed by atoms with E-state index >= 15 is 0 Å². The zero-order valence-corrected chi connectivity index (χ0v) is 18.6. The van der Waals surface area contributed by atoms with Crippen molar-refractivity contribution in [1.29, 1.82) is 0 Å². The molecule has 0 spiro atoms. The van der Waals surface area contributed by atoms with E-state index < -0.39 is 10.0 Å². The maximum atomic E-state index is 13.1. The Labute approximate surface area is 186 Å². The number of aryl methyl sites for hydroxylation is 1. The van der Waals surface area contributed by atoms with Crippen molar-refractivity contribution in [1.82, 2.24) is 14.2 Å². The lowest BCUT2D eigenvalue weighted by Gasteiger charge is -2.30. The molecule has 0 unspecified atom stereocenters. The Balaban J connectivity index is 1.19. The van der Waals surface area contributed by atoms with Gasteiger partial charge in [0.05, 0.1) is 4.90 Å². The van der Waals surface area contributed by atoms with Crippen LogP contribution >= 0.6 is 0 Å². The minimum absolute atomic E-state index is 0.0505. The molecular formula is C23H25N3O5S. The molecule has 1 saturated heterocycles. The van der Waals surface area contributed by atoms with Crippen molar-refractivity contribution in [3.8, 4) is 11.5 Å². The standard InChI is InChI=1S/C23H25N3O5S/c1-25-9-6-18-13-19(3-4-20(18)25)32(28,29)26-10-7-17(8-11-26)23(27)24-14-16-2-5-21-22(12-16)31-15-30-21/h2-6,9,12-13,17H,7-8,10-11,14-15H2,1H3,(H,24,27). The van der Waals surface area contributed by atoms with Crippen LogP contribution in [0.2, 0.25) is 0 Å². The molecular weight excluding hydrogens is 430 g/mol. The van der Waals surface area contributed by atoms with Crippen LogP contribution in [0.1, 0.15) is 18.4 Å². The minimum atomic E-state index is -3.59. The fraction of sp³-hybridized carbons (Fsp3) is 0.348. The number of piperidine rings is 1. The van der Waals surface area contributed by atoms with Crippen LogP contribution in [-0.2, 0) is 28.4 Å². The Kier molecular flexibility index (Phi) is 5.30. The van der Waals surface area contributed by atoms with Crippen LogP contribution in [0.5, 0.6) is 11.5 Å². The fourth-order valence-electron chi connectivity index (χ4n) is 4.31. The van der Waals surface area contributed by atoms with Crippen LogP contribution in [0.25, 0.3) is 10.9 Å². The number of nitrogens with zero attached hydrogens (tertiary/aromatic N) is 2. The Morgan fingerprint density at radius 2 is 1.84 bits per heavy atom. The van der Waals surface area contributed by atoms with Crippen molar-refractivity contribution in [2.24, 2.45) is 13.0 Å². The van der Waals surface area contributed by atoms with Gasteiger partial charge in [-0.15, -0.1) is 0 Å². The molecule has 9 heteroatoms. The predicted molar refractivity (Wildman–Crippen MR) is 119 cm³/mol. The highest BCUT2D eigenvalue weighted by Crippen LogP contribution is 2.32. The quantitative estimate of drug-likeness (QED) is 0.639. The molecule has 0 radical (unpaired) electrons. The van der Waals surface area contributed by atoms with Crippen molar-refractivity contribution in [2.75, 3.05) is 19.9 Å². The van der Waals surface area contributed by atoms with Gasteiger partial charge in [-0.25, -0.2) is 8.42 Å². The normalized spacial score (nSPS) is 17.0. The molecule has 2 aliphatic heterocycles. The molecule has 5 rings (SSSR count). The Morgan fingerprint density at radius 3 is 2.66 bits per heavy atom. The smallest absolute Gasteiger partial charge is 0.243 e. The third kappa shape index (κ3) is 3.82. The summed E-state index contributed by atoms with van der Waals surface area (Å²) in [5.41, 5.74) is 1.92. The van der Waals surface area contributed by atoms with Gasteiger partial charge in [-0.05, 0) is 54.8 Å². The van der Waals surface area contributed by atoms with Gasteiger partial charge in [0.1, 0.15) is 0 Å². The zero-order valence-electron chi connectivity index (χ0n) is 17.8. The second-order valence-corrected chi connectivity index (χ2v) is 10.2. The summed E-state index contributed by atoms with van der Waals surface area (Å²) in [5.74, 6) is 1.14. The van der Waals surface area contributed by atoms with Gasteiger partial charge in [-0.3, -0.25) is 4.79 Å². The van der Waals surface area contributed by atoms with Crippen molar-refractivity contribution < 1.29 is 22.7 Å². The second-order valence-electron chi connectivity index (χ2n) is 8.23. The summed E-state index contributed by atoms with van der Waals surface area (Å²) in [6.07, 6.45) is 2.91. The number of nitrogens with one attached hydrogen (secondary N) is 1. The van der Waals surface area contributed by atoms with Gasteiger partial charge in [-0.1, -0.05) is 6.07 Å². The van der Waals surface area contributed by atoms with E-state index in [1.165, 1.54) is 4.31 Å². The molecule has 168 valence electrons. The first-order chi connectivity index (χ1) is 15.4.